The van der Waals surface area contributed by atoms with Crippen LogP contribution < -0.4 is 28.4 Å². The van der Waals surface area contributed by atoms with Crippen LogP contribution >= 0.6 is 0 Å². The van der Waals surface area contributed by atoms with Crippen molar-refractivity contribution in [1.29, 1.82) is 0 Å². The Bertz CT molecular complexity index is 3480. The second-order valence-electron chi connectivity index (χ2n) is 20.1. The number of hydrogen-bond donors (Lipinski definition) is 3. The molecule has 3 N–H and O–H groups in total. The highest BCUT2D eigenvalue weighted by Crippen LogP contribution is 2.27. The Balaban J connectivity index is 0.000000177. The third-order valence-electron chi connectivity index (χ3n) is 13.8. The quantitative estimate of drug-likeness (QED) is 0.0369. The van der Waals surface area contributed by atoms with Crippen LogP contribution in [0.4, 0.5) is 0 Å². The highest BCUT2D eigenvalue weighted by atomic mass is 16.5. The molecule has 6 aromatic carbocycles. The van der Waals surface area contributed by atoms with E-state index in [0.717, 1.165) is 141 Å². The van der Waals surface area contributed by atoms with Gasteiger partial charge in [0.15, 0.2) is 0 Å². The highest BCUT2D eigenvalue weighted by Gasteiger charge is 2.15. The van der Waals surface area contributed by atoms with Gasteiger partial charge in [0.2, 0.25) is 0 Å². The lowest BCUT2D eigenvalue weighted by atomic mass is 10.1. The summed E-state index contributed by atoms with van der Waals surface area (Å²) in [5.74, 6) is 3.25. The molecule has 0 radical (unpaired) electrons. The maximum atomic E-state index is 12.5. The number of pyridine rings is 2. The number of aromatic nitrogens is 2. The Labute approximate surface area is 507 Å². The molecule has 17 nitrogen and oxygen atoms in total. The van der Waals surface area contributed by atoms with Gasteiger partial charge < -0.3 is 53.2 Å². The summed E-state index contributed by atoms with van der Waals surface area (Å²) in [6, 6.07) is 44.4. The summed E-state index contributed by atoms with van der Waals surface area (Å²) in [5.41, 5.74) is 8.20. The molecule has 10 rings (SSSR count). The summed E-state index contributed by atoms with van der Waals surface area (Å²) < 4.78 is 42.8. The number of rotatable bonds is 20. The van der Waals surface area contributed by atoms with Crippen LogP contribution in [0.2, 0.25) is 0 Å². The number of morpholine rings is 2. The van der Waals surface area contributed by atoms with Crippen LogP contribution in [0.5, 0.6) is 51.7 Å². The van der Waals surface area contributed by atoms with E-state index in [2.05, 4.69) is 19.8 Å². The maximum Gasteiger partial charge on any atom is 0.345 e. The summed E-state index contributed by atoms with van der Waals surface area (Å²) in [7, 11) is 6.50. The van der Waals surface area contributed by atoms with Gasteiger partial charge in [0.05, 0.1) is 66.0 Å². The third kappa shape index (κ3) is 21.1. The largest absolute Gasteiger partial charge is 0.508 e. The number of carbonyl (C=O) groups excluding carboxylic acids is 2. The minimum Gasteiger partial charge on any atom is -0.508 e. The zero-order chi connectivity index (χ0) is 61.2. The van der Waals surface area contributed by atoms with Crippen molar-refractivity contribution in [2.75, 3.05) is 94.1 Å². The molecule has 87 heavy (non-hydrogen) atoms. The number of benzene rings is 6. The van der Waals surface area contributed by atoms with Gasteiger partial charge >= 0.3 is 11.9 Å². The van der Waals surface area contributed by atoms with E-state index in [4.69, 9.17) is 37.9 Å². The minimum absolute atomic E-state index is 0.00321. The van der Waals surface area contributed by atoms with Crippen molar-refractivity contribution in [3.63, 3.8) is 0 Å². The maximum absolute atomic E-state index is 12.5. The smallest absolute Gasteiger partial charge is 0.345 e. The van der Waals surface area contributed by atoms with Crippen LogP contribution in [0.1, 0.15) is 65.5 Å². The molecule has 0 spiro atoms. The van der Waals surface area contributed by atoms with Crippen molar-refractivity contribution in [2.45, 2.75) is 12.8 Å². The molecule has 0 aliphatic carbocycles. The molecular weight excluding hydrogens is 1100 g/mol. The van der Waals surface area contributed by atoms with Crippen LogP contribution in [-0.4, -0.2) is 141 Å². The summed E-state index contributed by atoms with van der Waals surface area (Å²) in [5, 5.41) is 28.3. The molecule has 2 fully saturated rings. The first-order chi connectivity index (χ1) is 42.4. The molecule has 2 aliphatic rings. The number of esters is 2. The van der Waals surface area contributed by atoms with Crippen molar-refractivity contribution in [1.82, 2.24) is 19.8 Å². The molecule has 17 heteroatoms. The van der Waals surface area contributed by atoms with E-state index in [-0.39, 0.29) is 17.2 Å². The molecule has 0 bridgehead atoms. The number of methoxy groups -OCH3 is 4. The Morgan fingerprint density at radius 3 is 1.07 bits per heavy atom. The Hall–Kier alpha value is -9.78. The normalized spacial score (nSPS) is 13.5. The molecular formula is C70H72N4O13. The van der Waals surface area contributed by atoms with E-state index >= 15 is 0 Å². The molecule has 0 amide bonds. The second-order valence-corrected chi connectivity index (χ2v) is 20.1. The minimum atomic E-state index is -0.458. The number of phenols is 3. The van der Waals surface area contributed by atoms with Gasteiger partial charge in [-0.05, 0) is 130 Å². The second kappa shape index (κ2) is 33.1. The van der Waals surface area contributed by atoms with Crippen LogP contribution in [0.25, 0.3) is 36.5 Å². The van der Waals surface area contributed by atoms with Gasteiger partial charge in [-0.1, -0.05) is 72.9 Å². The van der Waals surface area contributed by atoms with Gasteiger partial charge in [0.1, 0.15) is 51.7 Å². The SMILES string of the molecule is COc1cc(/C=C/c2ccc(O)cc2)cc(OC)c1.COc1cc(/C=C/c2ccc(OC(=O)c3ccc(CCN4CCOCC4)nc3)cc2)cc(OC)c1.O=C(Oc1ccc(/C=C/c2cc(O)cc(O)c2)cc1)c1ccc(CCN2CCOCC2)nc1. The summed E-state index contributed by atoms with van der Waals surface area (Å²) >= 11 is 0. The molecule has 450 valence electrons. The van der Waals surface area contributed by atoms with Crippen molar-refractivity contribution < 1.29 is 62.8 Å². The van der Waals surface area contributed by atoms with E-state index in [0.29, 0.717) is 28.2 Å². The molecule has 8 aromatic rings. The summed E-state index contributed by atoms with van der Waals surface area (Å²) in [6.07, 6.45) is 16.3. The monoisotopic (exact) mass is 1180 g/mol. The van der Waals surface area contributed by atoms with Gasteiger partial charge in [-0.25, -0.2) is 9.59 Å². The zero-order valence-electron chi connectivity index (χ0n) is 49.3. The molecule has 2 aliphatic heterocycles. The van der Waals surface area contributed by atoms with E-state index in [1.54, 1.807) is 108 Å². The first-order valence-electron chi connectivity index (χ1n) is 28.4. The Morgan fingerprint density at radius 1 is 0.402 bits per heavy atom. The zero-order valence-corrected chi connectivity index (χ0v) is 49.3. The number of phenolic OH excluding ortho intramolecular Hbond substituents is 3. The fraction of sp³-hybridized carbons (Fsp3) is 0.229. The number of hydrogen-bond acceptors (Lipinski definition) is 17. The van der Waals surface area contributed by atoms with Crippen molar-refractivity contribution in [2.24, 2.45) is 0 Å². The molecule has 0 saturated carbocycles. The lowest BCUT2D eigenvalue weighted by Crippen LogP contribution is -2.37. The summed E-state index contributed by atoms with van der Waals surface area (Å²) in [4.78, 5) is 38.5. The van der Waals surface area contributed by atoms with Crippen LogP contribution in [0, 0.1) is 0 Å². The first-order valence-corrected chi connectivity index (χ1v) is 28.4. The molecule has 4 heterocycles. The van der Waals surface area contributed by atoms with E-state index in [9.17, 15) is 24.9 Å². The van der Waals surface area contributed by atoms with Gasteiger partial charge in [0, 0.05) is 94.1 Å². The fourth-order valence-electron chi connectivity index (χ4n) is 8.94. The average molecular weight is 1180 g/mol. The predicted octanol–water partition coefficient (Wildman–Crippen LogP) is 11.7. The molecule has 2 saturated heterocycles. The predicted molar refractivity (Wildman–Crippen MR) is 337 cm³/mol. The molecule has 0 atom stereocenters. The van der Waals surface area contributed by atoms with Gasteiger partial charge in [-0.15, -0.1) is 0 Å². The van der Waals surface area contributed by atoms with Crippen LogP contribution in [-0.2, 0) is 22.3 Å². The van der Waals surface area contributed by atoms with E-state index in [1.165, 1.54) is 6.07 Å². The molecule has 2 aromatic heterocycles. The standard InChI is InChI=1S/C28H30N2O5.C26H26N2O5.C16H16O3/c1-32-26-17-22(18-27(19-26)33-2)4-3-21-5-9-25(10-6-21)35-28(31)23-7-8-24(29-20-23)11-12-30-13-15-34-16-14-30;29-23-15-20(16-24(30)17-23)2-1-19-3-7-25(8-4-19)33-26(31)21-5-6-22(27-18-21)9-10-28-11-13-32-14-12-28;1-18-15-9-13(10-16(11-15)19-2)4-3-12-5-7-14(17)8-6-12/h3-10,17-20H,11-16H2,1-2H3;1-8,15-18,29-30H,9-14H2;3-11,17H,1-2H3/b4-3+;2-1+;4-3+. The Kier molecular flexibility index (Phi) is 24.0. The van der Waals surface area contributed by atoms with E-state index < -0.39 is 11.9 Å². The van der Waals surface area contributed by atoms with Crippen LogP contribution in [0.3, 0.4) is 0 Å². The fourth-order valence-corrected chi connectivity index (χ4v) is 8.94. The number of carbonyl (C=O) groups is 2. The average Bonchev–Trinajstić information content (AvgIpc) is 3.76. The van der Waals surface area contributed by atoms with E-state index in [1.807, 2.05) is 115 Å². The van der Waals surface area contributed by atoms with Crippen molar-refractivity contribution in [3.05, 3.63) is 220 Å². The van der Waals surface area contributed by atoms with Crippen LogP contribution in [0.15, 0.2) is 164 Å². The van der Waals surface area contributed by atoms with Crippen molar-refractivity contribution in [3.8, 4) is 51.7 Å². The van der Waals surface area contributed by atoms with Crippen molar-refractivity contribution >= 4 is 48.4 Å². The lowest BCUT2D eigenvalue weighted by molar-refractivity contribution is 0.0383. The third-order valence-corrected chi connectivity index (χ3v) is 13.8. The first kappa shape index (κ1) is 63.2. The number of nitrogens with zero attached hydrogens (tertiary/aromatic N) is 4. The topological polar surface area (TPSA) is 201 Å². The highest BCUT2D eigenvalue weighted by molar-refractivity contribution is 5.91. The number of aromatic hydroxyl groups is 3. The summed E-state index contributed by atoms with van der Waals surface area (Å²) in [6.45, 7) is 8.77. The molecule has 0 unspecified atom stereocenters. The lowest BCUT2D eigenvalue weighted by Gasteiger charge is -2.26. The van der Waals surface area contributed by atoms with Gasteiger partial charge in [-0.3, -0.25) is 19.8 Å². The number of ether oxygens (including phenoxy) is 8. The Morgan fingerprint density at radius 2 is 0.736 bits per heavy atom. The van der Waals surface area contributed by atoms with Gasteiger partial charge in [0.25, 0.3) is 0 Å². The van der Waals surface area contributed by atoms with Gasteiger partial charge in [-0.2, -0.15) is 0 Å².